The van der Waals surface area contributed by atoms with Crippen LogP contribution in [0.15, 0.2) is 0 Å². The van der Waals surface area contributed by atoms with Crippen LogP contribution in [0.2, 0.25) is 0 Å². The molecule has 0 spiro atoms. The molecule has 0 aromatic heterocycles. The van der Waals surface area contributed by atoms with Gasteiger partial charge >= 0.3 is 0 Å². The van der Waals surface area contributed by atoms with E-state index < -0.39 is 0 Å². The van der Waals surface area contributed by atoms with Crippen LogP contribution in [0.4, 0.5) is 0 Å². The van der Waals surface area contributed by atoms with Crippen molar-refractivity contribution in [1.82, 2.24) is 10.6 Å². The van der Waals surface area contributed by atoms with Crippen LogP contribution in [-0.2, 0) is 4.79 Å². The Bertz CT molecular complexity index is 204. The lowest BCUT2D eigenvalue weighted by Gasteiger charge is -2.27. The second-order valence-electron chi connectivity index (χ2n) is 5.79. The lowest BCUT2D eigenvalue weighted by atomic mass is 9.99. The zero-order valence-corrected chi connectivity index (χ0v) is 11.0. The van der Waals surface area contributed by atoms with Crippen molar-refractivity contribution in [2.75, 3.05) is 6.54 Å². The molecule has 2 N–H and O–H groups in total. The summed E-state index contributed by atoms with van der Waals surface area (Å²) < 4.78 is 0. The molecular formula is C12H26N2O. The number of carbonyl (C=O) groups excluding carboxylic acids is 1. The van der Waals surface area contributed by atoms with Crippen molar-refractivity contribution in [3.05, 3.63) is 0 Å². The normalized spacial score (nSPS) is 12.7. The van der Waals surface area contributed by atoms with Gasteiger partial charge in [0.05, 0.1) is 6.54 Å². The van der Waals surface area contributed by atoms with Gasteiger partial charge in [0, 0.05) is 11.1 Å². The molecule has 0 bridgehead atoms. The summed E-state index contributed by atoms with van der Waals surface area (Å²) in [5.41, 5.74) is -0.0996. The van der Waals surface area contributed by atoms with E-state index in [4.69, 9.17) is 0 Å². The zero-order chi connectivity index (χ0) is 12.1. The molecule has 1 amide bonds. The molecule has 0 fully saturated rings. The van der Waals surface area contributed by atoms with E-state index in [1.165, 1.54) is 0 Å². The minimum atomic E-state index is -0.145. The summed E-state index contributed by atoms with van der Waals surface area (Å²) in [5.74, 6) is 0.0617. The average molecular weight is 214 g/mol. The first-order valence-corrected chi connectivity index (χ1v) is 5.72. The first-order valence-electron chi connectivity index (χ1n) is 5.72. The second kappa shape index (κ2) is 5.50. The van der Waals surface area contributed by atoms with E-state index in [0.717, 1.165) is 12.8 Å². The molecule has 0 saturated heterocycles. The molecule has 0 aromatic carbocycles. The first kappa shape index (κ1) is 14.4. The van der Waals surface area contributed by atoms with Crippen LogP contribution in [-0.4, -0.2) is 23.5 Å². The number of amides is 1. The lowest BCUT2D eigenvalue weighted by Crippen LogP contribution is -2.49. The molecule has 0 atom stereocenters. The van der Waals surface area contributed by atoms with Gasteiger partial charge < -0.3 is 10.6 Å². The molecule has 3 heteroatoms. The monoisotopic (exact) mass is 214 g/mol. The third kappa shape index (κ3) is 8.43. The highest BCUT2D eigenvalue weighted by molar-refractivity contribution is 5.78. The largest absolute Gasteiger partial charge is 0.350 e. The highest BCUT2D eigenvalue weighted by Crippen LogP contribution is 2.09. The van der Waals surface area contributed by atoms with Crippen molar-refractivity contribution in [2.24, 2.45) is 0 Å². The van der Waals surface area contributed by atoms with Gasteiger partial charge in [0.2, 0.25) is 5.91 Å². The summed E-state index contributed by atoms with van der Waals surface area (Å²) in [6.07, 6.45) is 2.21. The fraction of sp³-hybridized carbons (Fsp3) is 0.917. The number of hydrogen-bond donors (Lipinski definition) is 2. The Morgan fingerprint density at radius 1 is 1.13 bits per heavy atom. The average Bonchev–Trinajstić information content (AvgIpc) is 1.98. The van der Waals surface area contributed by atoms with Gasteiger partial charge in [0.25, 0.3) is 0 Å². The lowest BCUT2D eigenvalue weighted by molar-refractivity contribution is -0.121. The molecule has 0 aliphatic rings. The Morgan fingerprint density at radius 3 is 2.07 bits per heavy atom. The molecule has 0 aliphatic carbocycles. The predicted octanol–water partition coefficient (Wildman–Crippen LogP) is 2.07. The highest BCUT2D eigenvalue weighted by Gasteiger charge is 2.19. The van der Waals surface area contributed by atoms with Crippen LogP contribution in [0.3, 0.4) is 0 Å². The molecule has 15 heavy (non-hydrogen) atoms. The Kier molecular flexibility index (Phi) is 5.29. The topological polar surface area (TPSA) is 41.1 Å². The van der Waals surface area contributed by atoms with Crippen molar-refractivity contribution < 1.29 is 4.79 Å². The Hall–Kier alpha value is -0.570. The molecule has 0 aliphatic heterocycles. The summed E-state index contributed by atoms with van der Waals surface area (Å²) >= 11 is 0. The van der Waals surface area contributed by atoms with Crippen molar-refractivity contribution in [2.45, 2.75) is 65.5 Å². The summed E-state index contributed by atoms with van der Waals surface area (Å²) in [4.78, 5) is 11.5. The smallest absolute Gasteiger partial charge is 0.234 e. The molecular weight excluding hydrogens is 188 g/mol. The zero-order valence-electron chi connectivity index (χ0n) is 11.0. The van der Waals surface area contributed by atoms with Crippen LogP contribution in [0.25, 0.3) is 0 Å². The number of rotatable bonds is 5. The third-order valence-corrected chi connectivity index (χ3v) is 2.12. The summed E-state index contributed by atoms with van der Waals surface area (Å²) in [5, 5.41) is 6.20. The molecule has 0 aromatic rings. The van der Waals surface area contributed by atoms with E-state index >= 15 is 0 Å². The Morgan fingerprint density at radius 2 is 1.67 bits per heavy atom. The SMILES string of the molecule is CCCC(C)(C)NCC(=O)NC(C)(C)C. The first-order chi connectivity index (χ1) is 6.66. The van der Waals surface area contributed by atoms with Gasteiger partial charge in [-0.25, -0.2) is 0 Å². The molecule has 0 saturated carbocycles. The highest BCUT2D eigenvalue weighted by atomic mass is 16.2. The predicted molar refractivity (Wildman–Crippen MR) is 64.9 cm³/mol. The maximum absolute atomic E-state index is 11.5. The van der Waals surface area contributed by atoms with Crippen molar-refractivity contribution >= 4 is 5.91 Å². The van der Waals surface area contributed by atoms with E-state index in [1.54, 1.807) is 0 Å². The van der Waals surface area contributed by atoms with Crippen molar-refractivity contribution in [3.63, 3.8) is 0 Å². The quantitative estimate of drug-likeness (QED) is 0.735. The molecule has 3 nitrogen and oxygen atoms in total. The van der Waals surface area contributed by atoms with Crippen LogP contribution in [0.1, 0.15) is 54.4 Å². The van der Waals surface area contributed by atoms with Gasteiger partial charge in [0.15, 0.2) is 0 Å². The number of nitrogens with one attached hydrogen (secondary N) is 2. The van der Waals surface area contributed by atoms with E-state index in [9.17, 15) is 4.79 Å². The van der Waals surface area contributed by atoms with E-state index in [1.807, 2.05) is 20.8 Å². The van der Waals surface area contributed by atoms with Crippen molar-refractivity contribution in [3.8, 4) is 0 Å². The van der Waals surface area contributed by atoms with Crippen molar-refractivity contribution in [1.29, 1.82) is 0 Å². The van der Waals surface area contributed by atoms with Gasteiger partial charge in [-0.15, -0.1) is 0 Å². The standard InChI is InChI=1S/C12H26N2O/c1-7-8-12(5,6)13-9-10(15)14-11(2,3)4/h13H,7-9H2,1-6H3,(H,14,15). The summed E-state index contributed by atoms with van der Waals surface area (Å²) in [6.45, 7) is 12.8. The number of carbonyl (C=O) groups is 1. The fourth-order valence-corrected chi connectivity index (χ4v) is 1.50. The van der Waals surface area contributed by atoms with E-state index in [-0.39, 0.29) is 17.0 Å². The van der Waals surface area contributed by atoms with E-state index in [0.29, 0.717) is 6.54 Å². The summed E-state index contributed by atoms with van der Waals surface area (Å²) in [6, 6.07) is 0. The number of hydrogen-bond acceptors (Lipinski definition) is 2. The second-order valence-corrected chi connectivity index (χ2v) is 5.79. The Labute approximate surface area is 94.0 Å². The minimum Gasteiger partial charge on any atom is -0.350 e. The van der Waals surface area contributed by atoms with Gasteiger partial charge in [0.1, 0.15) is 0 Å². The minimum absolute atomic E-state index is 0.0456. The van der Waals surface area contributed by atoms with Gasteiger partial charge in [-0.1, -0.05) is 13.3 Å². The fourth-order valence-electron chi connectivity index (χ4n) is 1.50. The molecule has 0 rings (SSSR count). The van der Waals surface area contributed by atoms with Gasteiger partial charge in [-0.2, -0.15) is 0 Å². The van der Waals surface area contributed by atoms with Crippen LogP contribution >= 0.6 is 0 Å². The summed E-state index contributed by atoms with van der Waals surface area (Å²) in [7, 11) is 0. The molecule has 0 radical (unpaired) electrons. The maximum atomic E-state index is 11.5. The molecule has 0 unspecified atom stereocenters. The maximum Gasteiger partial charge on any atom is 0.234 e. The van der Waals surface area contributed by atoms with Gasteiger partial charge in [-0.05, 0) is 41.0 Å². The van der Waals surface area contributed by atoms with E-state index in [2.05, 4.69) is 31.4 Å². The Balaban J connectivity index is 3.90. The third-order valence-electron chi connectivity index (χ3n) is 2.12. The van der Waals surface area contributed by atoms with Gasteiger partial charge in [-0.3, -0.25) is 4.79 Å². The van der Waals surface area contributed by atoms with Crippen LogP contribution < -0.4 is 10.6 Å². The van der Waals surface area contributed by atoms with Crippen LogP contribution in [0.5, 0.6) is 0 Å². The van der Waals surface area contributed by atoms with Crippen LogP contribution in [0, 0.1) is 0 Å². The molecule has 0 heterocycles. The molecule has 90 valence electrons.